The second kappa shape index (κ2) is 11.3. The number of likely N-dealkylation sites (tertiary alicyclic amines) is 2. The van der Waals surface area contributed by atoms with Crippen molar-refractivity contribution >= 4 is 23.4 Å². The van der Waals surface area contributed by atoms with Gasteiger partial charge >= 0.3 is 0 Å². The Hall–Kier alpha value is -2.54. The standard InChI is InChI=1S/C26H35ClN4O3/c1-18-23(19(2)29-28-18)9-10-25(32)31-14-11-24(34-22-8-6-7-21(27)16-22)20(17-31)15-26(33)30-12-4-3-5-13-30/h6-8,16,20,24H,3-5,9-15,17H2,1-2H3,(H,28,29)/t20-,24-/m0/s1. The predicted molar refractivity (Wildman–Crippen MR) is 132 cm³/mol. The van der Waals surface area contributed by atoms with Gasteiger partial charge in [-0.3, -0.25) is 14.7 Å². The van der Waals surface area contributed by atoms with Crippen molar-refractivity contribution in [3.8, 4) is 5.75 Å². The van der Waals surface area contributed by atoms with Gasteiger partial charge in [0.15, 0.2) is 0 Å². The van der Waals surface area contributed by atoms with Gasteiger partial charge < -0.3 is 14.5 Å². The number of halogens is 1. The van der Waals surface area contributed by atoms with E-state index in [-0.39, 0.29) is 23.8 Å². The molecular weight excluding hydrogens is 452 g/mol. The predicted octanol–water partition coefficient (Wildman–Crippen LogP) is 4.31. The summed E-state index contributed by atoms with van der Waals surface area (Å²) in [6.07, 6.45) is 5.39. The van der Waals surface area contributed by atoms with Crippen LogP contribution in [0.15, 0.2) is 24.3 Å². The molecule has 0 spiro atoms. The molecule has 34 heavy (non-hydrogen) atoms. The lowest BCUT2D eigenvalue weighted by molar-refractivity contribution is -0.139. The van der Waals surface area contributed by atoms with E-state index < -0.39 is 0 Å². The third-order valence-electron chi connectivity index (χ3n) is 7.12. The first-order valence-electron chi connectivity index (χ1n) is 12.4. The second-order valence-corrected chi connectivity index (χ2v) is 10.00. The van der Waals surface area contributed by atoms with Gasteiger partial charge in [-0.25, -0.2) is 0 Å². The number of carbonyl (C=O) groups is 2. The Morgan fingerprint density at radius 3 is 2.62 bits per heavy atom. The van der Waals surface area contributed by atoms with Gasteiger partial charge in [-0.1, -0.05) is 17.7 Å². The van der Waals surface area contributed by atoms with E-state index in [1.807, 2.05) is 41.8 Å². The number of H-pyrrole nitrogens is 1. The Labute approximate surface area is 206 Å². The molecule has 2 aliphatic rings. The van der Waals surface area contributed by atoms with Crippen LogP contribution in [0.25, 0.3) is 0 Å². The summed E-state index contributed by atoms with van der Waals surface area (Å²) in [4.78, 5) is 30.1. The maximum atomic E-state index is 13.1. The molecule has 0 saturated carbocycles. The van der Waals surface area contributed by atoms with E-state index in [2.05, 4.69) is 10.2 Å². The van der Waals surface area contributed by atoms with E-state index in [0.717, 1.165) is 42.9 Å². The van der Waals surface area contributed by atoms with E-state index in [9.17, 15) is 9.59 Å². The van der Waals surface area contributed by atoms with Gasteiger partial charge in [0, 0.05) is 62.1 Å². The molecule has 1 N–H and O–H groups in total. The number of amides is 2. The zero-order chi connectivity index (χ0) is 24.1. The van der Waals surface area contributed by atoms with Crippen molar-refractivity contribution in [1.29, 1.82) is 0 Å². The van der Waals surface area contributed by atoms with Crippen LogP contribution >= 0.6 is 11.6 Å². The van der Waals surface area contributed by atoms with E-state index in [0.29, 0.717) is 49.5 Å². The number of aromatic nitrogens is 2. The molecule has 2 atom stereocenters. The summed E-state index contributed by atoms with van der Waals surface area (Å²) in [5.41, 5.74) is 3.08. The fourth-order valence-electron chi connectivity index (χ4n) is 5.13. The summed E-state index contributed by atoms with van der Waals surface area (Å²) in [6, 6.07) is 7.38. The molecule has 2 saturated heterocycles. The molecule has 1 aromatic heterocycles. The number of hydrogen-bond donors (Lipinski definition) is 1. The van der Waals surface area contributed by atoms with Gasteiger partial charge in [-0.15, -0.1) is 0 Å². The highest BCUT2D eigenvalue weighted by Crippen LogP contribution is 2.29. The average molecular weight is 487 g/mol. The summed E-state index contributed by atoms with van der Waals surface area (Å²) in [5.74, 6) is 0.946. The largest absolute Gasteiger partial charge is 0.490 e. The number of hydrogen-bond acceptors (Lipinski definition) is 4. The summed E-state index contributed by atoms with van der Waals surface area (Å²) in [7, 11) is 0. The van der Waals surface area contributed by atoms with Crippen LogP contribution in [0.5, 0.6) is 5.75 Å². The normalized spacial score (nSPS) is 20.9. The number of carbonyl (C=O) groups excluding carboxylic acids is 2. The highest BCUT2D eigenvalue weighted by atomic mass is 35.5. The van der Waals surface area contributed by atoms with E-state index in [4.69, 9.17) is 16.3 Å². The first kappa shape index (κ1) is 24.6. The van der Waals surface area contributed by atoms with Crippen molar-refractivity contribution in [3.05, 3.63) is 46.2 Å². The summed E-state index contributed by atoms with van der Waals surface area (Å²) < 4.78 is 6.31. The van der Waals surface area contributed by atoms with Gasteiger partial charge in [-0.05, 0) is 63.3 Å². The topological polar surface area (TPSA) is 78.5 Å². The molecule has 2 fully saturated rings. The molecule has 0 unspecified atom stereocenters. The van der Waals surface area contributed by atoms with E-state index in [1.54, 1.807) is 6.07 Å². The lowest BCUT2D eigenvalue weighted by atomic mass is 9.90. The van der Waals surface area contributed by atoms with Crippen LogP contribution in [0.1, 0.15) is 55.5 Å². The fraction of sp³-hybridized carbons (Fsp3) is 0.577. The van der Waals surface area contributed by atoms with Crippen LogP contribution in [0.3, 0.4) is 0 Å². The quantitative estimate of drug-likeness (QED) is 0.632. The molecule has 3 heterocycles. The van der Waals surface area contributed by atoms with Gasteiger partial charge in [0.1, 0.15) is 11.9 Å². The molecule has 0 radical (unpaired) electrons. The van der Waals surface area contributed by atoms with Crippen molar-refractivity contribution in [3.63, 3.8) is 0 Å². The summed E-state index contributed by atoms with van der Waals surface area (Å²) in [5, 5.41) is 7.84. The fourth-order valence-corrected chi connectivity index (χ4v) is 5.31. The lowest BCUT2D eigenvalue weighted by Crippen LogP contribution is -2.50. The van der Waals surface area contributed by atoms with Gasteiger partial charge in [0.25, 0.3) is 0 Å². The Kier molecular flexibility index (Phi) is 8.14. The minimum absolute atomic E-state index is 0.0523. The Bertz CT molecular complexity index is 982. The smallest absolute Gasteiger partial charge is 0.223 e. The number of ether oxygens (including phenoxy) is 1. The molecule has 8 heteroatoms. The number of aryl methyl sites for hydroxylation is 2. The Morgan fingerprint density at radius 2 is 1.91 bits per heavy atom. The molecule has 2 amide bonds. The SMILES string of the molecule is Cc1n[nH]c(C)c1CCC(=O)N1CC[C@H](Oc2cccc(Cl)c2)[C@@H](CC(=O)N2CCCCC2)C1. The molecule has 1 aromatic carbocycles. The summed E-state index contributed by atoms with van der Waals surface area (Å²) in [6.45, 7) is 6.77. The number of rotatable bonds is 7. The van der Waals surface area contributed by atoms with Crippen LogP contribution in [-0.2, 0) is 16.0 Å². The second-order valence-electron chi connectivity index (χ2n) is 9.56. The number of piperidine rings is 2. The number of aromatic amines is 1. The molecule has 2 aromatic rings. The Morgan fingerprint density at radius 1 is 1.12 bits per heavy atom. The number of nitrogens with one attached hydrogen (secondary N) is 1. The van der Waals surface area contributed by atoms with Crippen LogP contribution in [-0.4, -0.2) is 64.1 Å². The van der Waals surface area contributed by atoms with Crippen molar-refractivity contribution in [2.24, 2.45) is 5.92 Å². The number of benzene rings is 1. The molecule has 7 nitrogen and oxygen atoms in total. The molecule has 0 aliphatic carbocycles. The summed E-state index contributed by atoms with van der Waals surface area (Å²) >= 11 is 6.15. The van der Waals surface area contributed by atoms with Gasteiger partial charge in [0.05, 0.1) is 5.69 Å². The van der Waals surface area contributed by atoms with Crippen molar-refractivity contribution in [2.75, 3.05) is 26.2 Å². The van der Waals surface area contributed by atoms with Crippen LogP contribution in [0.2, 0.25) is 5.02 Å². The first-order chi connectivity index (χ1) is 16.4. The van der Waals surface area contributed by atoms with Crippen molar-refractivity contribution < 1.29 is 14.3 Å². The zero-order valence-electron chi connectivity index (χ0n) is 20.2. The molecule has 184 valence electrons. The van der Waals surface area contributed by atoms with E-state index >= 15 is 0 Å². The molecule has 2 aliphatic heterocycles. The van der Waals surface area contributed by atoms with Gasteiger partial charge in [0.2, 0.25) is 11.8 Å². The average Bonchev–Trinajstić information content (AvgIpc) is 3.16. The minimum atomic E-state index is -0.130. The van der Waals surface area contributed by atoms with Crippen LogP contribution in [0, 0.1) is 19.8 Å². The lowest BCUT2D eigenvalue weighted by Gasteiger charge is -2.39. The number of nitrogens with zero attached hydrogens (tertiary/aromatic N) is 3. The monoisotopic (exact) mass is 486 g/mol. The maximum absolute atomic E-state index is 13.1. The highest BCUT2D eigenvalue weighted by molar-refractivity contribution is 6.30. The third kappa shape index (κ3) is 6.12. The first-order valence-corrected chi connectivity index (χ1v) is 12.8. The van der Waals surface area contributed by atoms with Crippen LogP contribution < -0.4 is 4.74 Å². The molecule has 4 rings (SSSR count). The Balaban J connectivity index is 1.42. The minimum Gasteiger partial charge on any atom is -0.490 e. The van der Waals surface area contributed by atoms with Gasteiger partial charge in [-0.2, -0.15) is 5.10 Å². The van der Waals surface area contributed by atoms with Crippen molar-refractivity contribution in [2.45, 2.75) is 64.9 Å². The third-order valence-corrected chi connectivity index (χ3v) is 7.35. The zero-order valence-corrected chi connectivity index (χ0v) is 20.9. The molecule has 0 bridgehead atoms. The van der Waals surface area contributed by atoms with E-state index in [1.165, 1.54) is 6.42 Å². The van der Waals surface area contributed by atoms with Crippen LogP contribution in [0.4, 0.5) is 0 Å². The highest BCUT2D eigenvalue weighted by Gasteiger charge is 2.35. The van der Waals surface area contributed by atoms with Crippen molar-refractivity contribution in [1.82, 2.24) is 20.0 Å². The molecular formula is C26H35ClN4O3. The maximum Gasteiger partial charge on any atom is 0.223 e.